The molecule has 2 aromatic carbocycles. The van der Waals surface area contributed by atoms with E-state index in [0.29, 0.717) is 5.92 Å². The Morgan fingerprint density at radius 3 is 1.87 bits per heavy atom. The van der Waals surface area contributed by atoms with Gasteiger partial charge in [-0.2, -0.15) is 0 Å². The third-order valence-electron chi connectivity index (χ3n) is 5.82. The first-order valence-corrected chi connectivity index (χ1v) is 11.1. The first kappa shape index (κ1) is 21.1. The van der Waals surface area contributed by atoms with E-state index in [-0.39, 0.29) is 0 Å². The van der Waals surface area contributed by atoms with Crippen LogP contribution in [0.1, 0.15) is 42.1 Å². The molecule has 0 atom stereocenters. The van der Waals surface area contributed by atoms with Crippen LogP contribution in [0.2, 0.25) is 0 Å². The molecule has 0 aliphatic rings. The van der Waals surface area contributed by atoms with Gasteiger partial charge < -0.3 is 9.47 Å². The number of aryl methyl sites for hydroxylation is 3. The summed E-state index contributed by atoms with van der Waals surface area (Å²) in [6, 6.07) is 21.2. The smallest absolute Gasteiger partial charge is 0.157 e. The minimum atomic E-state index is 0.553. The summed E-state index contributed by atoms with van der Waals surface area (Å²) in [7, 11) is 0. The van der Waals surface area contributed by atoms with Gasteiger partial charge in [-0.3, -0.25) is 0 Å². The summed E-state index contributed by atoms with van der Waals surface area (Å²) in [6.07, 6.45) is 0. The summed E-state index contributed by atoms with van der Waals surface area (Å²) in [5.74, 6) is 2.58. The summed E-state index contributed by atoms with van der Waals surface area (Å²) in [5, 5.41) is 0. The molecule has 0 N–H and O–H groups in total. The number of anilines is 1. The number of fused-ring (bicyclic) bond motifs is 1. The number of aromatic nitrogens is 3. The summed E-state index contributed by atoms with van der Waals surface area (Å²) in [6.45, 7) is 13.4. The fraction of sp³-hybridized carbons (Fsp3) is 0.333. The van der Waals surface area contributed by atoms with Gasteiger partial charge in [0, 0.05) is 25.3 Å². The van der Waals surface area contributed by atoms with E-state index >= 15 is 0 Å². The van der Waals surface area contributed by atoms with Gasteiger partial charge in [0.05, 0.1) is 5.52 Å². The maximum Gasteiger partial charge on any atom is 0.157 e. The van der Waals surface area contributed by atoms with Gasteiger partial charge in [0.25, 0.3) is 0 Å². The van der Waals surface area contributed by atoms with E-state index in [2.05, 4.69) is 105 Å². The predicted octanol–water partition coefficient (Wildman–Crippen LogP) is 6.22. The monoisotopic (exact) mass is 412 g/mol. The molecule has 160 valence electrons. The number of hydrogen-bond acceptors (Lipinski definition) is 3. The van der Waals surface area contributed by atoms with Crippen LogP contribution in [-0.2, 0) is 19.6 Å². The van der Waals surface area contributed by atoms with Crippen molar-refractivity contribution >= 4 is 16.9 Å². The Morgan fingerprint density at radius 2 is 1.35 bits per heavy atom. The highest BCUT2D eigenvalue weighted by molar-refractivity contribution is 5.90. The molecule has 0 radical (unpaired) electrons. The Labute approximate surface area is 185 Å². The van der Waals surface area contributed by atoms with Crippen molar-refractivity contribution in [3.8, 4) is 0 Å². The number of imidazole rings is 1. The minimum absolute atomic E-state index is 0.553. The number of rotatable bonds is 7. The van der Waals surface area contributed by atoms with Crippen molar-refractivity contribution in [3.05, 3.63) is 88.9 Å². The second-order valence-electron chi connectivity index (χ2n) is 8.83. The zero-order valence-corrected chi connectivity index (χ0v) is 19.3. The van der Waals surface area contributed by atoms with Gasteiger partial charge in [-0.1, -0.05) is 74.5 Å². The van der Waals surface area contributed by atoms with Crippen LogP contribution >= 0.6 is 0 Å². The quantitative estimate of drug-likeness (QED) is 0.361. The Morgan fingerprint density at radius 1 is 0.806 bits per heavy atom. The zero-order valence-electron chi connectivity index (χ0n) is 19.3. The highest BCUT2D eigenvalue weighted by Gasteiger charge is 2.21. The molecule has 4 nitrogen and oxygen atoms in total. The highest BCUT2D eigenvalue weighted by Crippen LogP contribution is 2.32. The lowest BCUT2D eigenvalue weighted by Gasteiger charge is -2.25. The van der Waals surface area contributed by atoms with Crippen molar-refractivity contribution in [2.45, 2.75) is 54.3 Å². The van der Waals surface area contributed by atoms with E-state index in [1.165, 1.54) is 22.2 Å². The lowest BCUT2D eigenvalue weighted by atomic mass is 10.1. The molecule has 4 rings (SSSR count). The van der Waals surface area contributed by atoms with Crippen molar-refractivity contribution in [2.24, 2.45) is 5.92 Å². The SMILES string of the molecule is Cc1nc(N(Cc2ccccc2)Cc2ccccc2)c2nc(C)n(CC(C)C)c2c1C. The van der Waals surface area contributed by atoms with Gasteiger partial charge >= 0.3 is 0 Å². The van der Waals surface area contributed by atoms with Crippen LogP contribution in [0, 0.1) is 26.7 Å². The van der Waals surface area contributed by atoms with Crippen molar-refractivity contribution in [1.82, 2.24) is 14.5 Å². The van der Waals surface area contributed by atoms with E-state index in [1.54, 1.807) is 0 Å². The van der Waals surface area contributed by atoms with Gasteiger partial charge in [0.1, 0.15) is 11.3 Å². The van der Waals surface area contributed by atoms with E-state index in [4.69, 9.17) is 9.97 Å². The molecule has 0 aliphatic carbocycles. The lowest BCUT2D eigenvalue weighted by Crippen LogP contribution is -2.24. The summed E-state index contributed by atoms with van der Waals surface area (Å²) >= 11 is 0. The molecule has 2 heterocycles. The summed E-state index contributed by atoms with van der Waals surface area (Å²) in [5.41, 5.74) is 7.06. The van der Waals surface area contributed by atoms with E-state index in [0.717, 1.165) is 42.5 Å². The molecule has 0 unspecified atom stereocenters. The molecule has 0 saturated carbocycles. The molecule has 0 aliphatic heterocycles. The average molecular weight is 413 g/mol. The number of nitrogens with zero attached hydrogens (tertiary/aromatic N) is 4. The maximum absolute atomic E-state index is 5.08. The number of pyridine rings is 1. The number of hydrogen-bond donors (Lipinski definition) is 0. The van der Waals surface area contributed by atoms with Crippen LogP contribution in [0.5, 0.6) is 0 Å². The van der Waals surface area contributed by atoms with Crippen molar-refractivity contribution in [3.63, 3.8) is 0 Å². The van der Waals surface area contributed by atoms with Crippen LogP contribution in [0.25, 0.3) is 11.0 Å². The van der Waals surface area contributed by atoms with E-state index in [1.807, 2.05) is 0 Å². The standard InChI is InChI=1S/C27H32N4/c1-19(2)16-31-22(5)29-25-26(31)20(3)21(4)28-27(25)30(17-23-12-8-6-9-13-23)18-24-14-10-7-11-15-24/h6-15,19H,16-18H2,1-5H3. The van der Waals surface area contributed by atoms with Crippen molar-refractivity contribution in [1.29, 1.82) is 0 Å². The summed E-state index contributed by atoms with van der Waals surface area (Å²) < 4.78 is 2.37. The van der Waals surface area contributed by atoms with Crippen LogP contribution in [0.15, 0.2) is 60.7 Å². The normalized spacial score (nSPS) is 11.4. The molecule has 0 saturated heterocycles. The number of benzene rings is 2. The maximum atomic E-state index is 5.08. The van der Waals surface area contributed by atoms with Gasteiger partial charge in [-0.25, -0.2) is 9.97 Å². The third-order valence-corrected chi connectivity index (χ3v) is 5.82. The second-order valence-corrected chi connectivity index (χ2v) is 8.83. The Hall–Kier alpha value is -3.14. The Balaban J connectivity index is 1.87. The molecule has 4 heteroatoms. The summed E-state index contributed by atoms with van der Waals surface area (Å²) in [4.78, 5) is 12.5. The minimum Gasteiger partial charge on any atom is -0.346 e. The average Bonchev–Trinajstić information content (AvgIpc) is 3.07. The molecule has 2 aromatic heterocycles. The molecule has 0 bridgehead atoms. The molecule has 0 fully saturated rings. The van der Waals surface area contributed by atoms with Crippen LogP contribution < -0.4 is 4.90 Å². The topological polar surface area (TPSA) is 34.0 Å². The predicted molar refractivity (Wildman–Crippen MR) is 129 cm³/mol. The van der Waals surface area contributed by atoms with Gasteiger partial charge in [-0.15, -0.1) is 0 Å². The molecular weight excluding hydrogens is 380 g/mol. The molecule has 4 aromatic rings. The lowest BCUT2D eigenvalue weighted by molar-refractivity contribution is 0.523. The van der Waals surface area contributed by atoms with Crippen LogP contribution in [-0.4, -0.2) is 14.5 Å². The molecule has 0 spiro atoms. The Kier molecular flexibility index (Phi) is 6.08. The van der Waals surface area contributed by atoms with Gasteiger partial charge in [0.2, 0.25) is 0 Å². The van der Waals surface area contributed by atoms with Gasteiger partial charge in [0.15, 0.2) is 5.82 Å². The van der Waals surface area contributed by atoms with Crippen LogP contribution in [0.3, 0.4) is 0 Å². The Bertz CT molecular complexity index is 1120. The fourth-order valence-corrected chi connectivity index (χ4v) is 4.19. The molecule has 31 heavy (non-hydrogen) atoms. The van der Waals surface area contributed by atoms with Crippen LogP contribution in [0.4, 0.5) is 5.82 Å². The highest BCUT2D eigenvalue weighted by atomic mass is 15.2. The third kappa shape index (κ3) is 4.48. The largest absolute Gasteiger partial charge is 0.346 e. The van der Waals surface area contributed by atoms with Crippen molar-refractivity contribution in [2.75, 3.05) is 4.90 Å². The van der Waals surface area contributed by atoms with E-state index in [9.17, 15) is 0 Å². The van der Waals surface area contributed by atoms with Crippen molar-refractivity contribution < 1.29 is 0 Å². The second kappa shape index (κ2) is 8.93. The first-order chi connectivity index (χ1) is 14.9. The van der Waals surface area contributed by atoms with Gasteiger partial charge in [-0.05, 0) is 43.4 Å². The fourth-order valence-electron chi connectivity index (χ4n) is 4.19. The zero-order chi connectivity index (χ0) is 22.0. The van der Waals surface area contributed by atoms with E-state index < -0.39 is 0 Å². The molecule has 0 amide bonds. The molecular formula is C27H32N4. The first-order valence-electron chi connectivity index (χ1n) is 11.1.